The van der Waals surface area contributed by atoms with Gasteiger partial charge in [-0.3, -0.25) is 9.48 Å². The molecule has 2 heterocycles. The van der Waals surface area contributed by atoms with Crippen molar-refractivity contribution in [3.05, 3.63) is 46.5 Å². The minimum absolute atomic E-state index is 0.0708. The van der Waals surface area contributed by atoms with Crippen molar-refractivity contribution < 1.29 is 13.2 Å². The first-order chi connectivity index (χ1) is 11.9. The molecule has 1 amide bonds. The van der Waals surface area contributed by atoms with Gasteiger partial charge in [0.1, 0.15) is 5.15 Å². The maximum Gasteiger partial charge on any atom is 0.285 e. The van der Waals surface area contributed by atoms with Crippen LogP contribution in [0.5, 0.6) is 0 Å². The number of sulfonamides is 1. The minimum atomic E-state index is -3.89. The molecule has 0 saturated carbocycles. The first-order valence-corrected chi connectivity index (χ1v) is 10.2. The molecular weight excluding hydrogens is 376 g/mol. The van der Waals surface area contributed by atoms with E-state index in [1.165, 1.54) is 12.3 Å². The Morgan fingerprint density at radius 1 is 1.31 bits per heavy atom. The van der Waals surface area contributed by atoms with Crippen LogP contribution in [0.25, 0.3) is 0 Å². The van der Waals surface area contributed by atoms with Crippen LogP contribution in [0.1, 0.15) is 62.3 Å². The van der Waals surface area contributed by atoms with E-state index in [9.17, 15) is 13.2 Å². The molecule has 2 aromatic rings. The van der Waals surface area contributed by atoms with Crippen LogP contribution in [0.2, 0.25) is 5.15 Å². The lowest BCUT2D eigenvalue weighted by molar-refractivity contribution is 0.0975. The van der Waals surface area contributed by atoms with Gasteiger partial charge in [-0.1, -0.05) is 31.5 Å². The van der Waals surface area contributed by atoms with E-state index in [2.05, 4.69) is 14.8 Å². The lowest BCUT2D eigenvalue weighted by Gasteiger charge is -2.23. The number of hydrogen-bond donors (Lipinski definition) is 1. The Morgan fingerprint density at radius 3 is 2.42 bits per heavy atom. The first-order valence-electron chi connectivity index (χ1n) is 8.15. The van der Waals surface area contributed by atoms with E-state index in [1.807, 2.05) is 34.6 Å². The summed E-state index contributed by atoms with van der Waals surface area (Å²) in [6.45, 7) is 9.89. The number of carbonyl (C=O) groups excluding carboxylic acids is 1. The zero-order valence-electron chi connectivity index (χ0n) is 15.4. The lowest BCUT2D eigenvalue weighted by atomic mass is 10.1. The van der Waals surface area contributed by atoms with E-state index in [0.29, 0.717) is 5.56 Å². The summed E-state index contributed by atoms with van der Waals surface area (Å²) in [5, 5.41) is 4.58. The van der Waals surface area contributed by atoms with Gasteiger partial charge in [0.05, 0.1) is 11.3 Å². The topological polar surface area (TPSA) is 93.9 Å². The summed E-state index contributed by atoms with van der Waals surface area (Å²) in [5.74, 6) is -0.989. The van der Waals surface area contributed by atoms with Crippen molar-refractivity contribution in [1.82, 2.24) is 19.5 Å². The molecule has 0 aliphatic heterocycles. The van der Waals surface area contributed by atoms with E-state index in [1.54, 1.807) is 16.8 Å². The zero-order chi connectivity index (χ0) is 19.7. The maximum absolute atomic E-state index is 12.4. The summed E-state index contributed by atoms with van der Waals surface area (Å²) >= 11 is 5.69. The molecule has 142 valence electrons. The standard InChI is InChI=1S/C17H23ClN4O3S/c1-11(2)14-8-13(20-22(14)17(3,4)5)16(23)21-26(24,25)10-12-6-7-15(18)19-9-12/h6-9,11H,10H2,1-5H3,(H,21,23). The molecule has 7 nitrogen and oxygen atoms in total. The van der Waals surface area contributed by atoms with E-state index < -0.39 is 15.9 Å². The Morgan fingerprint density at radius 2 is 1.96 bits per heavy atom. The van der Waals surface area contributed by atoms with Crippen LogP contribution in [0.4, 0.5) is 0 Å². The molecule has 0 aliphatic rings. The maximum atomic E-state index is 12.4. The van der Waals surface area contributed by atoms with Gasteiger partial charge in [-0.2, -0.15) is 5.10 Å². The smallest absolute Gasteiger partial charge is 0.266 e. The quantitative estimate of drug-likeness (QED) is 0.781. The van der Waals surface area contributed by atoms with Gasteiger partial charge >= 0.3 is 0 Å². The summed E-state index contributed by atoms with van der Waals surface area (Å²) < 4.78 is 28.3. The predicted octanol–water partition coefficient (Wildman–Crippen LogP) is 3.07. The van der Waals surface area contributed by atoms with Crippen LogP contribution in [-0.2, 0) is 21.3 Å². The third kappa shape index (κ3) is 5.04. The van der Waals surface area contributed by atoms with Crippen LogP contribution in [0.3, 0.4) is 0 Å². The molecule has 0 atom stereocenters. The van der Waals surface area contributed by atoms with Crippen LogP contribution in [0.15, 0.2) is 24.4 Å². The molecule has 9 heteroatoms. The largest absolute Gasteiger partial charge is 0.285 e. The molecule has 0 radical (unpaired) electrons. The molecule has 0 bridgehead atoms. The summed E-state index contributed by atoms with van der Waals surface area (Å²) in [5.41, 5.74) is 1.03. The summed E-state index contributed by atoms with van der Waals surface area (Å²) in [4.78, 5) is 16.3. The fourth-order valence-electron chi connectivity index (χ4n) is 2.40. The van der Waals surface area contributed by atoms with Crippen molar-refractivity contribution in [2.24, 2.45) is 0 Å². The number of nitrogens with one attached hydrogen (secondary N) is 1. The Balaban J connectivity index is 2.22. The molecule has 2 rings (SSSR count). The number of amides is 1. The van der Waals surface area contributed by atoms with E-state index in [4.69, 9.17) is 11.6 Å². The van der Waals surface area contributed by atoms with Crippen molar-refractivity contribution in [1.29, 1.82) is 0 Å². The van der Waals surface area contributed by atoms with Gasteiger partial charge in [0.15, 0.2) is 5.69 Å². The number of halogens is 1. The van der Waals surface area contributed by atoms with Gasteiger partial charge in [0.2, 0.25) is 10.0 Å². The van der Waals surface area contributed by atoms with Gasteiger partial charge in [-0.25, -0.2) is 18.1 Å². The van der Waals surface area contributed by atoms with Crippen molar-refractivity contribution in [2.45, 2.75) is 51.8 Å². The number of nitrogens with zero attached hydrogens (tertiary/aromatic N) is 3. The van der Waals surface area contributed by atoms with Crippen LogP contribution in [-0.4, -0.2) is 29.1 Å². The number of hydrogen-bond acceptors (Lipinski definition) is 5. The van der Waals surface area contributed by atoms with Gasteiger partial charge < -0.3 is 0 Å². The fourth-order valence-corrected chi connectivity index (χ4v) is 3.58. The number of rotatable bonds is 5. The second-order valence-corrected chi connectivity index (χ2v) is 9.48. The second-order valence-electron chi connectivity index (χ2n) is 7.37. The molecule has 0 aliphatic carbocycles. The molecule has 1 N–H and O–H groups in total. The predicted molar refractivity (Wildman–Crippen MR) is 101 cm³/mol. The van der Waals surface area contributed by atoms with E-state index >= 15 is 0 Å². The Kier molecular flexibility index (Phi) is 5.77. The molecule has 0 spiro atoms. The molecular formula is C17H23ClN4O3S. The highest BCUT2D eigenvalue weighted by atomic mass is 35.5. The average Bonchev–Trinajstić information content (AvgIpc) is 2.94. The molecule has 0 unspecified atom stereocenters. The Hall–Kier alpha value is -1.93. The van der Waals surface area contributed by atoms with Gasteiger partial charge in [-0.15, -0.1) is 0 Å². The zero-order valence-corrected chi connectivity index (χ0v) is 17.0. The van der Waals surface area contributed by atoms with Gasteiger partial charge in [0, 0.05) is 11.9 Å². The summed E-state index contributed by atoms with van der Waals surface area (Å²) in [6.07, 6.45) is 1.36. The first kappa shape index (κ1) is 20.4. The van der Waals surface area contributed by atoms with Crippen LogP contribution < -0.4 is 4.72 Å². The highest BCUT2D eigenvalue weighted by molar-refractivity contribution is 7.89. The minimum Gasteiger partial charge on any atom is -0.266 e. The highest BCUT2D eigenvalue weighted by Gasteiger charge is 2.25. The SMILES string of the molecule is CC(C)c1cc(C(=O)NS(=O)(=O)Cc2ccc(Cl)nc2)nn1C(C)(C)C. The van der Waals surface area contributed by atoms with Gasteiger partial charge in [0.25, 0.3) is 5.91 Å². The molecule has 2 aromatic heterocycles. The summed E-state index contributed by atoms with van der Waals surface area (Å²) in [6, 6.07) is 4.67. The van der Waals surface area contributed by atoms with Crippen LogP contribution >= 0.6 is 11.6 Å². The van der Waals surface area contributed by atoms with Crippen molar-refractivity contribution in [3.63, 3.8) is 0 Å². The van der Waals surface area contributed by atoms with Crippen molar-refractivity contribution in [3.8, 4) is 0 Å². The average molecular weight is 399 g/mol. The Bertz CT molecular complexity index is 897. The van der Waals surface area contributed by atoms with Crippen molar-refractivity contribution >= 4 is 27.5 Å². The van der Waals surface area contributed by atoms with E-state index in [0.717, 1.165) is 5.69 Å². The fraction of sp³-hybridized carbons (Fsp3) is 0.471. The number of pyridine rings is 1. The lowest BCUT2D eigenvalue weighted by Crippen LogP contribution is -2.32. The summed E-state index contributed by atoms with van der Waals surface area (Å²) in [7, 11) is -3.89. The monoisotopic (exact) mass is 398 g/mol. The molecule has 26 heavy (non-hydrogen) atoms. The second kappa shape index (κ2) is 7.36. The number of aromatic nitrogens is 3. The third-order valence-corrected chi connectivity index (χ3v) is 5.02. The van der Waals surface area contributed by atoms with Crippen LogP contribution in [0, 0.1) is 0 Å². The van der Waals surface area contributed by atoms with Gasteiger partial charge in [-0.05, 0) is 44.4 Å². The Labute approximate surface area is 158 Å². The van der Waals surface area contributed by atoms with E-state index in [-0.39, 0.29) is 28.1 Å². The molecule has 0 saturated heterocycles. The molecule has 0 aromatic carbocycles. The normalized spacial score (nSPS) is 12.4. The van der Waals surface area contributed by atoms with Crippen molar-refractivity contribution in [2.75, 3.05) is 0 Å². The highest BCUT2D eigenvalue weighted by Crippen LogP contribution is 2.23. The molecule has 0 fully saturated rings. The number of carbonyl (C=O) groups is 1. The third-order valence-electron chi connectivity index (χ3n) is 3.59.